The van der Waals surface area contributed by atoms with Gasteiger partial charge in [-0.3, -0.25) is 9.59 Å². The lowest BCUT2D eigenvalue weighted by Gasteiger charge is -2.04. The quantitative estimate of drug-likeness (QED) is 0.711. The van der Waals surface area contributed by atoms with E-state index in [1.54, 1.807) is 24.3 Å². The first-order chi connectivity index (χ1) is 11.6. The number of anilines is 1. The van der Waals surface area contributed by atoms with Crippen LogP contribution in [-0.2, 0) is 11.2 Å². The summed E-state index contributed by atoms with van der Waals surface area (Å²) in [5.74, 6) is -0.126. The molecule has 1 N–H and O–H groups in total. The molecule has 2 aromatic carbocycles. The molecule has 1 amide bonds. The van der Waals surface area contributed by atoms with Gasteiger partial charge in [-0.25, -0.2) is 4.98 Å². The van der Waals surface area contributed by atoms with Gasteiger partial charge in [-0.1, -0.05) is 30.3 Å². The molecule has 0 saturated heterocycles. The summed E-state index contributed by atoms with van der Waals surface area (Å²) in [6.45, 7) is 1.51. The number of nitrogens with one attached hydrogen (secondary N) is 1. The number of Topliss-reactive ketones (excluding diaryl/α,β-unsaturated/α-hetero) is 1. The van der Waals surface area contributed by atoms with E-state index >= 15 is 0 Å². The Balaban J connectivity index is 1.63. The van der Waals surface area contributed by atoms with Crippen LogP contribution in [0, 0.1) is 0 Å². The molecule has 0 aliphatic rings. The van der Waals surface area contributed by atoms with E-state index in [1.165, 1.54) is 18.3 Å². The molecule has 0 aliphatic carbocycles. The summed E-state index contributed by atoms with van der Waals surface area (Å²) >= 11 is 1.53. The monoisotopic (exact) mass is 336 g/mol. The first-order valence-corrected chi connectivity index (χ1v) is 8.40. The third-order valence-corrected chi connectivity index (χ3v) is 4.43. The van der Waals surface area contributed by atoms with Crippen LogP contribution in [0.25, 0.3) is 10.6 Å². The third-order valence-electron chi connectivity index (χ3n) is 3.49. The summed E-state index contributed by atoms with van der Waals surface area (Å²) < 4.78 is 0. The first-order valence-electron chi connectivity index (χ1n) is 7.52. The van der Waals surface area contributed by atoms with Gasteiger partial charge in [-0.2, -0.15) is 0 Å². The summed E-state index contributed by atoms with van der Waals surface area (Å²) in [4.78, 5) is 27.9. The number of hydrogen-bond donors (Lipinski definition) is 1. The van der Waals surface area contributed by atoms with Gasteiger partial charge in [0.05, 0.1) is 12.1 Å². The van der Waals surface area contributed by atoms with Crippen LogP contribution >= 0.6 is 11.3 Å². The van der Waals surface area contributed by atoms with E-state index in [4.69, 9.17) is 0 Å². The van der Waals surface area contributed by atoms with Gasteiger partial charge in [0.25, 0.3) is 0 Å². The van der Waals surface area contributed by atoms with Crippen molar-refractivity contribution >= 4 is 28.7 Å². The summed E-state index contributed by atoms with van der Waals surface area (Å²) in [5, 5.41) is 5.63. The number of carbonyl (C=O) groups excluding carboxylic acids is 2. The summed E-state index contributed by atoms with van der Waals surface area (Å²) in [7, 11) is 0. The molecule has 120 valence electrons. The molecule has 0 atom stereocenters. The van der Waals surface area contributed by atoms with Crippen LogP contribution in [0.3, 0.4) is 0 Å². The Labute approximate surface area is 144 Å². The predicted octanol–water partition coefficient (Wildman–Crippen LogP) is 4.19. The van der Waals surface area contributed by atoms with Crippen LogP contribution < -0.4 is 5.32 Å². The Hall–Kier alpha value is -2.79. The van der Waals surface area contributed by atoms with Crippen LogP contribution in [0.1, 0.15) is 23.0 Å². The van der Waals surface area contributed by atoms with E-state index in [0.29, 0.717) is 11.3 Å². The Kier molecular flexibility index (Phi) is 4.82. The Morgan fingerprint density at radius 2 is 1.75 bits per heavy atom. The van der Waals surface area contributed by atoms with Crippen LogP contribution in [0.4, 0.5) is 5.69 Å². The average molecular weight is 336 g/mol. The van der Waals surface area contributed by atoms with Crippen molar-refractivity contribution in [3.05, 3.63) is 71.2 Å². The highest BCUT2D eigenvalue weighted by Crippen LogP contribution is 2.23. The molecule has 1 heterocycles. The van der Waals surface area contributed by atoms with E-state index in [0.717, 1.165) is 16.3 Å². The zero-order valence-corrected chi connectivity index (χ0v) is 14.0. The molecule has 4 nitrogen and oxygen atoms in total. The molecular weight excluding hydrogens is 320 g/mol. The fourth-order valence-electron chi connectivity index (χ4n) is 2.26. The topological polar surface area (TPSA) is 59.1 Å². The number of ketones is 1. The minimum absolute atomic E-state index is 0.00351. The molecule has 0 spiro atoms. The molecule has 0 bridgehead atoms. The second kappa shape index (κ2) is 7.19. The van der Waals surface area contributed by atoms with Gasteiger partial charge in [0.15, 0.2) is 5.78 Å². The van der Waals surface area contributed by atoms with Crippen LogP contribution in [0.5, 0.6) is 0 Å². The third kappa shape index (κ3) is 3.94. The van der Waals surface area contributed by atoms with Crippen molar-refractivity contribution in [2.24, 2.45) is 0 Å². The predicted molar refractivity (Wildman–Crippen MR) is 96.3 cm³/mol. The maximum atomic E-state index is 12.1. The van der Waals surface area contributed by atoms with Crippen molar-refractivity contribution in [2.45, 2.75) is 13.3 Å². The molecule has 3 aromatic rings. The van der Waals surface area contributed by atoms with Crippen molar-refractivity contribution in [3.63, 3.8) is 0 Å². The van der Waals surface area contributed by atoms with Gasteiger partial charge in [-0.05, 0) is 31.2 Å². The SMILES string of the molecule is CC(=O)c1ccc(NC(=O)Cc2csc(-c3ccccc3)n2)cc1. The van der Waals surface area contributed by atoms with E-state index < -0.39 is 0 Å². The standard InChI is InChI=1S/C19H16N2O2S/c1-13(22)14-7-9-16(10-8-14)20-18(23)11-17-12-24-19(21-17)15-5-3-2-4-6-15/h2-10,12H,11H2,1H3,(H,20,23). The van der Waals surface area contributed by atoms with Gasteiger partial charge in [0.2, 0.25) is 5.91 Å². The molecule has 0 saturated carbocycles. The molecule has 0 fully saturated rings. The second-order valence-corrected chi connectivity index (χ2v) is 6.23. The Bertz CT molecular complexity index is 855. The van der Waals surface area contributed by atoms with Gasteiger partial charge in [-0.15, -0.1) is 11.3 Å². The highest BCUT2D eigenvalue weighted by atomic mass is 32.1. The second-order valence-electron chi connectivity index (χ2n) is 5.37. The van der Waals surface area contributed by atoms with Crippen LogP contribution in [0.15, 0.2) is 60.0 Å². The molecule has 3 rings (SSSR count). The van der Waals surface area contributed by atoms with Gasteiger partial charge >= 0.3 is 0 Å². The fraction of sp³-hybridized carbons (Fsp3) is 0.105. The number of hydrogen-bond acceptors (Lipinski definition) is 4. The number of thiazole rings is 1. The number of nitrogens with zero attached hydrogens (tertiary/aromatic N) is 1. The molecule has 0 radical (unpaired) electrons. The van der Waals surface area contributed by atoms with Crippen LogP contribution in [-0.4, -0.2) is 16.7 Å². The minimum atomic E-state index is -0.129. The number of benzene rings is 2. The zero-order valence-electron chi connectivity index (χ0n) is 13.2. The van der Waals surface area contributed by atoms with Gasteiger partial charge in [0, 0.05) is 22.2 Å². The molecule has 5 heteroatoms. The van der Waals surface area contributed by atoms with Gasteiger partial charge < -0.3 is 5.32 Å². The van der Waals surface area contributed by atoms with E-state index in [1.807, 2.05) is 35.7 Å². The molecule has 24 heavy (non-hydrogen) atoms. The highest BCUT2D eigenvalue weighted by molar-refractivity contribution is 7.13. The fourth-order valence-corrected chi connectivity index (χ4v) is 3.09. The number of carbonyl (C=O) groups is 2. The summed E-state index contributed by atoms with van der Waals surface area (Å²) in [5.41, 5.74) is 3.09. The van der Waals surface area contributed by atoms with Crippen molar-refractivity contribution in [2.75, 3.05) is 5.32 Å². The molecule has 0 unspecified atom stereocenters. The largest absolute Gasteiger partial charge is 0.326 e. The van der Waals surface area contributed by atoms with Crippen molar-refractivity contribution < 1.29 is 9.59 Å². The molecule has 1 aromatic heterocycles. The normalized spacial score (nSPS) is 10.4. The number of aromatic nitrogens is 1. The number of rotatable bonds is 5. The van der Waals surface area contributed by atoms with Crippen molar-refractivity contribution in [1.29, 1.82) is 0 Å². The maximum absolute atomic E-state index is 12.1. The highest BCUT2D eigenvalue weighted by Gasteiger charge is 2.09. The number of amides is 1. The Morgan fingerprint density at radius 1 is 1.04 bits per heavy atom. The van der Waals surface area contributed by atoms with Crippen molar-refractivity contribution in [3.8, 4) is 10.6 Å². The van der Waals surface area contributed by atoms with E-state index in [2.05, 4.69) is 10.3 Å². The molecular formula is C19H16N2O2S. The van der Waals surface area contributed by atoms with Gasteiger partial charge in [0.1, 0.15) is 5.01 Å². The zero-order chi connectivity index (χ0) is 16.9. The lowest BCUT2D eigenvalue weighted by atomic mass is 10.1. The van der Waals surface area contributed by atoms with E-state index in [9.17, 15) is 9.59 Å². The summed E-state index contributed by atoms with van der Waals surface area (Å²) in [6, 6.07) is 16.8. The first kappa shape index (κ1) is 16.1. The lowest BCUT2D eigenvalue weighted by molar-refractivity contribution is -0.115. The van der Waals surface area contributed by atoms with Crippen LogP contribution in [0.2, 0.25) is 0 Å². The summed E-state index contributed by atoms with van der Waals surface area (Å²) in [6.07, 6.45) is 0.220. The lowest BCUT2D eigenvalue weighted by Crippen LogP contribution is -2.14. The molecule has 0 aliphatic heterocycles. The minimum Gasteiger partial charge on any atom is -0.326 e. The Morgan fingerprint density at radius 3 is 2.42 bits per heavy atom. The maximum Gasteiger partial charge on any atom is 0.230 e. The average Bonchev–Trinajstić information content (AvgIpc) is 3.04. The van der Waals surface area contributed by atoms with E-state index in [-0.39, 0.29) is 18.1 Å². The smallest absolute Gasteiger partial charge is 0.230 e. The van der Waals surface area contributed by atoms with Crippen molar-refractivity contribution in [1.82, 2.24) is 4.98 Å².